The van der Waals surface area contributed by atoms with Gasteiger partial charge in [0, 0.05) is 13.6 Å². The highest BCUT2D eigenvalue weighted by Crippen LogP contribution is 2.24. The van der Waals surface area contributed by atoms with Gasteiger partial charge in [0.25, 0.3) is 0 Å². The first-order valence-corrected chi connectivity index (χ1v) is 7.64. The van der Waals surface area contributed by atoms with E-state index in [1.54, 1.807) is 4.68 Å². The Morgan fingerprint density at radius 3 is 2.62 bits per heavy atom. The van der Waals surface area contributed by atoms with E-state index in [2.05, 4.69) is 29.2 Å². The van der Waals surface area contributed by atoms with Crippen LogP contribution in [-0.2, 0) is 17.7 Å². The molecule has 21 heavy (non-hydrogen) atoms. The Labute approximate surface area is 129 Å². The van der Waals surface area contributed by atoms with E-state index in [1.807, 2.05) is 25.5 Å². The molecule has 1 N–H and O–H groups in total. The molecule has 0 aliphatic rings. The predicted octanol–water partition coefficient (Wildman–Crippen LogP) is 2.15. The number of hydrogen-bond acceptors (Lipinski definition) is 3. The van der Waals surface area contributed by atoms with Crippen LogP contribution in [0.5, 0.6) is 0 Å². The topological polar surface area (TPSA) is 64.7 Å². The van der Waals surface area contributed by atoms with Crippen LogP contribution in [0.3, 0.4) is 0 Å². The monoisotopic (exact) mass is 311 g/mol. The summed E-state index contributed by atoms with van der Waals surface area (Å²) in [6, 6.07) is -0.378. The molecule has 1 amide bonds. The molecule has 0 saturated carbocycles. The molecular formula is C14H22ClN5O. The Hall–Kier alpha value is -1.56. The fraction of sp³-hybridized carbons (Fsp3) is 0.643. The first kappa shape index (κ1) is 15.8. The van der Waals surface area contributed by atoms with E-state index in [9.17, 15) is 4.79 Å². The van der Waals surface area contributed by atoms with Gasteiger partial charge in [-0.25, -0.2) is 4.98 Å². The molecule has 1 atom stereocenters. The predicted molar refractivity (Wildman–Crippen MR) is 83.4 cm³/mol. The second-order valence-electron chi connectivity index (χ2n) is 5.73. The van der Waals surface area contributed by atoms with Gasteiger partial charge in [-0.2, -0.15) is 5.10 Å². The van der Waals surface area contributed by atoms with E-state index in [0.29, 0.717) is 18.3 Å². The second kappa shape index (κ2) is 6.05. The summed E-state index contributed by atoms with van der Waals surface area (Å²) in [6.07, 6.45) is 0. The molecular weight excluding hydrogens is 290 g/mol. The molecule has 0 spiro atoms. The van der Waals surface area contributed by atoms with Crippen molar-refractivity contribution in [2.75, 3.05) is 6.54 Å². The number of aromatic nitrogens is 4. The van der Waals surface area contributed by atoms with Crippen molar-refractivity contribution in [2.45, 2.75) is 39.6 Å². The zero-order valence-electron chi connectivity index (χ0n) is 13.1. The molecule has 116 valence electrons. The van der Waals surface area contributed by atoms with Crippen LogP contribution in [0.25, 0.3) is 11.2 Å². The Kier molecular flexibility index (Phi) is 4.56. The van der Waals surface area contributed by atoms with Crippen LogP contribution in [0.1, 0.15) is 38.3 Å². The maximum Gasteiger partial charge on any atom is 0.242 e. The summed E-state index contributed by atoms with van der Waals surface area (Å²) in [5.74, 6) is 1.33. The lowest BCUT2D eigenvalue weighted by Gasteiger charge is -2.17. The second-order valence-corrected chi connectivity index (χ2v) is 6.00. The highest BCUT2D eigenvalue weighted by atomic mass is 35.5. The van der Waals surface area contributed by atoms with Gasteiger partial charge in [0.05, 0.1) is 11.6 Å². The van der Waals surface area contributed by atoms with Crippen molar-refractivity contribution in [1.82, 2.24) is 24.6 Å². The lowest BCUT2D eigenvalue weighted by Crippen LogP contribution is -2.34. The van der Waals surface area contributed by atoms with Crippen molar-refractivity contribution in [3.8, 4) is 0 Å². The number of imidazole rings is 1. The van der Waals surface area contributed by atoms with Crippen LogP contribution >= 0.6 is 11.6 Å². The maximum absolute atomic E-state index is 12.3. The van der Waals surface area contributed by atoms with Crippen molar-refractivity contribution in [2.24, 2.45) is 13.0 Å². The van der Waals surface area contributed by atoms with E-state index < -0.39 is 0 Å². The van der Waals surface area contributed by atoms with Gasteiger partial charge in [-0.15, -0.1) is 11.6 Å². The van der Waals surface area contributed by atoms with Gasteiger partial charge in [0.1, 0.15) is 17.4 Å². The Balaban J connectivity index is 2.42. The summed E-state index contributed by atoms with van der Waals surface area (Å²) in [5.41, 5.74) is 2.47. The summed E-state index contributed by atoms with van der Waals surface area (Å²) >= 11 is 6.00. The molecule has 0 bridgehead atoms. The number of carbonyl (C=O) groups excluding carboxylic acids is 1. The van der Waals surface area contributed by atoms with Gasteiger partial charge in [-0.3, -0.25) is 14.0 Å². The van der Waals surface area contributed by atoms with Crippen LogP contribution in [0.4, 0.5) is 0 Å². The van der Waals surface area contributed by atoms with Crippen LogP contribution in [0.2, 0.25) is 0 Å². The van der Waals surface area contributed by atoms with Gasteiger partial charge in [0.2, 0.25) is 5.91 Å². The largest absolute Gasteiger partial charge is 0.354 e. The third kappa shape index (κ3) is 2.90. The third-order valence-electron chi connectivity index (χ3n) is 3.48. The van der Waals surface area contributed by atoms with Crippen molar-refractivity contribution in [3.63, 3.8) is 0 Å². The zero-order chi connectivity index (χ0) is 15.7. The van der Waals surface area contributed by atoms with Gasteiger partial charge in [0.15, 0.2) is 5.65 Å². The fourth-order valence-electron chi connectivity index (χ4n) is 2.41. The Bertz CT molecular complexity index is 658. The summed E-state index contributed by atoms with van der Waals surface area (Å²) in [6.45, 7) is 8.54. The normalized spacial score (nSPS) is 13.1. The lowest BCUT2D eigenvalue weighted by atomic mass is 10.2. The number of halogens is 1. The van der Waals surface area contributed by atoms with Gasteiger partial charge in [-0.05, 0) is 19.8 Å². The summed E-state index contributed by atoms with van der Waals surface area (Å²) < 4.78 is 3.62. The van der Waals surface area contributed by atoms with Crippen molar-refractivity contribution in [1.29, 1.82) is 0 Å². The molecule has 2 aromatic heterocycles. The summed E-state index contributed by atoms with van der Waals surface area (Å²) in [7, 11) is 1.85. The number of nitrogens with one attached hydrogen (secondary N) is 1. The first-order valence-electron chi connectivity index (χ1n) is 7.10. The highest BCUT2D eigenvalue weighted by molar-refractivity contribution is 6.16. The van der Waals surface area contributed by atoms with Gasteiger partial charge < -0.3 is 5.32 Å². The molecule has 0 aliphatic carbocycles. The standard InChI is InChI=1S/C14H22ClN5O/c1-8(2)7-16-13(21)10(4)20-11(6-15)17-12-9(3)18-19(5)14(12)20/h8,10H,6-7H2,1-5H3,(H,16,21). The Morgan fingerprint density at radius 1 is 1.38 bits per heavy atom. The number of alkyl halides is 1. The third-order valence-corrected chi connectivity index (χ3v) is 3.72. The van der Waals surface area contributed by atoms with Crippen molar-refractivity contribution in [3.05, 3.63) is 11.5 Å². The number of amides is 1. The molecule has 2 heterocycles. The number of rotatable bonds is 5. The number of fused-ring (bicyclic) bond motifs is 1. The molecule has 0 saturated heterocycles. The smallest absolute Gasteiger partial charge is 0.242 e. The van der Waals surface area contributed by atoms with Gasteiger partial charge >= 0.3 is 0 Å². The molecule has 0 fully saturated rings. The molecule has 6 nitrogen and oxygen atoms in total. The van der Waals surface area contributed by atoms with Crippen molar-refractivity contribution >= 4 is 28.7 Å². The SMILES string of the molecule is Cc1nn(C)c2c1nc(CCl)n2C(C)C(=O)NCC(C)C. The number of carbonyl (C=O) groups is 1. The fourth-order valence-corrected chi connectivity index (χ4v) is 2.60. The minimum absolute atomic E-state index is 0.0341. The van der Waals surface area contributed by atoms with E-state index in [-0.39, 0.29) is 17.8 Å². The van der Waals surface area contributed by atoms with Gasteiger partial charge in [-0.1, -0.05) is 13.8 Å². The number of aryl methyl sites for hydroxylation is 2. The zero-order valence-corrected chi connectivity index (χ0v) is 13.9. The van der Waals surface area contributed by atoms with Crippen LogP contribution < -0.4 is 5.32 Å². The first-order chi connectivity index (χ1) is 9.86. The molecule has 0 aromatic carbocycles. The molecule has 0 radical (unpaired) electrons. The van der Waals surface area contributed by atoms with Crippen LogP contribution in [0.15, 0.2) is 0 Å². The molecule has 7 heteroatoms. The Morgan fingerprint density at radius 2 is 2.05 bits per heavy atom. The summed E-state index contributed by atoms with van der Waals surface area (Å²) in [5, 5.41) is 7.31. The summed E-state index contributed by atoms with van der Waals surface area (Å²) in [4.78, 5) is 16.9. The van der Waals surface area contributed by atoms with E-state index >= 15 is 0 Å². The highest BCUT2D eigenvalue weighted by Gasteiger charge is 2.24. The average Bonchev–Trinajstić information content (AvgIpc) is 2.94. The minimum atomic E-state index is -0.378. The van der Waals surface area contributed by atoms with E-state index in [4.69, 9.17) is 11.6 Å². The number of nitrogens with zero attached hydrogens (tertiary/aromatic N) is 4. The van der Waals surface area contributed by atoms with E-state index in [0.717, 1.165) is 16.9 Å². The molecule has 2 rings (SSSR count). The quantitative estimate of drug-likeness (QED) is 0.861. The number of hydrogen-bond donors (Lipinski definition) is 1. The maximum atomic E-state index is 12.3. The molecule has 0 aliphatic heterocycles. The van der Waals surface area contributed by atoms with Crippen LogP contribution in [0, 0.1) is 12.8 Å². The molecule has 1 unspecified atom stereocenters. The van der Waals surface area contributed by atoms with E-state index in [1.165, 1.54) is 0 Å². The lowest BCUT2D eigenvalue weighted by molar-refractivity contribution is -0.124. The average molecular weight is 312 g/mol. The minimum Gasteiger partial charge on any atom is -0.354 e. The molecule has 2 aromatic rings. The van der Waals surface area contributed by atoms with Crippen LogP contribution in [-0.4, -0.2) is 31.8 Å². The van der Waals surface area contributed by atoms with Crippen molar-refractivity contribution < 1.29 is 4.79 Å².